The molecule has 0 saturated carbocycles. The maximum Gasteiger partial charge on any atom is 0.270 e. The summed E-state index contributed by atoms with van der Waals surface area (Å²) in [6.45, 7) is 5.80. The molecule has 2 rings (SSSR count). The quantitative estimate of drug-likeness (QED) is 0.330. The highest BCUT2D eigenvalue weighted by Gasteiger charge is 2.18. The molecule has 0 fully saturated rings. The molecule has 0 aliphatic heterocycles. The van der Waals surface area contributed by atoms with Crippen LogP contribution in [0.15, 0.2) is 42.5 Å². The van der Waals surface area contributed by atoms with Crippen LogP contribution in [0.4, 0.5) is 11.4 Å². The number of benzene rings is 2. The van der Waals surface area contributed by atoms with E-state index >= 15 is 0 Å². The number of nitro benzene ring substituents is 1. The second-order valence-corrected chi connectivity index (χ2v) is 7.41. The van der Waals surface area contributed by atoms with Gasteiger partial charge in [-0.1, -0.05) is 37.6 Å². The number of anilines is 1. The van der Waals surface area contributed by atoms with Crippen molar-refractivity contribution in [2.45, 2.75) is 20.3 Å². The third-order valence-corrected chi connectivity index (χ3v) is 4.34. The first kappa shape index (κ1) is 23.3. The largest absolute Gasteiger partial charge is 0.381 e. The van der Waals surface area contributed by atoms with Crippen LogP contribution in [0.3, 0.4) is 0 Å². The van der Waals surface area contributed by atoms with Crippen molar-refractivity contribution in [3.8, 4) is 0 Å². The fourth-order valence-corrected chi connectivity index (χ4v) is 2.83. The van der Waals surface area contributed by atoms with Crippen LogP contribution in [-0.2, 0) is 4.74 Å². The summed E-state index contributed by atoms with van der Waals surface area (Å²) in [7, 11) is 0. The normalized spacial score (nSPS) is 10.7. The molecule has 0 unspecified atom stereocenters. The Hall–Kier alpha value is -2.97. The maximum absolute atomic E-state index is 12.6. The zero-order valence-corrected chi connectivity index (χ0v) is 17.6. The predicted molar refractivity (Wildman–Crippen MR) is 115 cm³/mol. The molecule has 8 nitrogen and oxygen atoms in total. The highest BCUT2D eigenvalue weighted by atomic mass is 35.5. The lowest BCUT2D eigenvalue weighted by Gasteiger charge is -2.12. The summed E-state index contributed by atoms with van der Waals surface area (Å²) in [5.41, 5.74) is 0.464. The summed E-state index contributed by atoms with van der Waals surface area (Å²) in [5.74, 6) is -0.443. The molecule has 2 N–H and O–H groups in total. The van der Waals surface area contributed by atoms with Gasteiger partial charge >= 0.3 is 0 Å². The number of non-ortho nitro benzene ring substituents is 1. The van der Waals surface area contributed by atoms with Crippen LogP contribution in [0.1, 0.15) is 41.0 Å². The van der Waals surface area contributed by atoms with E-state index in [1.54, 1.807) is 24.3 Å². The molecule has 0 saturated heterocycles. The number of hydrogen-bond acceptors (Lipinski definition) is 5. The Morgan fingerprint density at radius 3 is 2.53 bits per heavy atom. The number of hydrogen-bond donors (Lipinski definition) is 2. The third kappa shape index (κ3) is 6.82. The maximum atomic E-state index is 12.6. The minimum absolute atomic E-state index is 0.0509. The van der Waals surface area contributed by atoms with Gasteiger partial charge < -0.3 is 15.4 Å². The van der Waals surface area contributed by atoms with Gasteiger partial charge in [-0.3, -0.25) is 19.7 Å². The lowest BCUT2D eigenvalue weighted by molar-refractivity contribution is -0.384. The van der Waals surface area contributed by atoms with Gasteiger partial charge in [0.1, 0.15) is 0 Å². The van der Waals surface area contributed by atoms with Crippen molar-refractivity contribution in [2.75, 3.05) is 25.1 Å². The second kappa shape index (κ2) is 11.3. The zero-order valence-electron chi connectivity index (χ0n) is 16.8. The number of carbonyl (C=O) groups excluding carboxylic acids is 2. The van der Waals surface area contributed by atoms with E-state index in [4.69, 9.17) is 16.3 Å². The van der Waals surface area contributed by atoms with Crippen LogP contribution in [0.25, 0.3) is 0 Å². The molecule has 0 atom stereocenters. The molecule has 0 radical (unpaired) electrons. The summed E-state index contributed by atoms with van der Waals surface area (Å²) in [4.78, 5) is 35.3. The highest BCUT2D eigenvalue weighted by Crippen LogP contribution is 2.24. The van der Waals surface area contributed by atoms with E-state index in [0.29, 0.717) is 43.3 Å². The van der Waals surface area contributed by atoms with Crippen molar-refractivity contribution in [2.24, 2.45) is 5.92 Å². The Morgan fingerprint density at radius 1 is 1.13 bits per heavy atom. The molecular weight excluding hydrogens is 410 g/mol. The molecule has 30 heavy (non-hydrogen) atoms. The molecule has 2 amide bonds. The first-order chi connectivity index (χ1) is 14.3. The lowest BCUT2D eigenvalue weighted by Crippen LogP contribution is -2.27. The molecule has 0 heterocycles. The highest BCUT2D eigenvalue weighted by molar-refractivity contribution is 6.34. The third-order valence-electron chi connectivity index (χ3n) is 4.03. The van der Waals surface area contributed by atoms with Gasteiger partial charge in [-0.25, -0.2) is 0 Å². The van der Waals surface area contributed by atoms with Crippen molar-refractivity contribution in [1.82, 2.24) is 5.32 Å². The Balaban J connectivity index is 2.00. The van der Waals surface area contributed by atoms with E-state index in [-0.39, 0.29) is 22.2 Å². The van der Waals surface area contributed by atoms with Gasteiger partial charge in [-0.2, -0.15) is 0 Å². The monoisotopic (exact) mass is 433 g/mol. The van der Waals surface area contributed by atoms with E-state index in [0.717, 1.165) is 6.07 Å². The fourth-order valence-electron chi connectivity index (χ4n) is 2.57. The molecule has 0 aliphatic carbocycles. The molecule has 2 aromatic rings. The first-order valence-corrected chi connectivity index (χ1v) is 9.87. The standard InChI is InChI=1S/C21H24ClN3O5/c1-14(2)13-30-11-5-10-23-20(26)17-6-3-4-7-19(17)24-21(27)16-9-8-15(25(28)29)12-18(16)22/h3-4,6-9,12,14H,5,10-11,13H2,1-2H3,(H,23,26)(H,24,27). The zero-order chi connectivity index (χ0) is 22.1. The van der Waals surface area contributed by atoms with Crippen molar-refractivity contribution in [3.05, 3.63) is 68.7 Å². The number of nitrogens with zero attached hydrogens (tertiary/aromatic N) is 1. The summed E-state index contributed by atoms with van der Waals surface area (Å²) in [5, 5.41) is 16.2. The number of nitrogens with one attached hydrogen (secondary N) is 2. The van der Waals surface area contributed by atoms with Gasteiger partial charge in [0.05, 0.1) is 26.8 Å². The molecule has 0 spiro atoms. The predicted octanol–water partition coefficient (Wildman–Crippen LogP) is 4.29. The molecule has 0 bridgehead atoms. The van der Waals surface area contributed by atoms with Crippen LogP contribution < -0.4 is 10.6 Å². The van der Waals surface area contributed by atoms with Gasteiger partial charge in [0.15, 0.2) is 0 Å². The second-order valence-electron chi connectivity index (χ2n) is 7.00. The summed E-state index contributed by atoms with van der Waals surface area (Å²) in [6, 6.07) is 10.1. The SMILES string of the molecule is CC(C)COCCCNC(=O)c1ccccc1NC(=O)c1ccc([N+](=O)[O-])cc1Cl. The topological polar surface area (TPSA) is 111 Å². The van der Waals surface area contributed by atoms with E-state index < -0.39 is 10.8 Å². The Bertz CT molecular complexity index is 917. The van der Waals surface area contributed by atoms with Gasteiger partial charge in [-0.05, 0) is 30.5 Å². The number of carbonyl (C=O) groups is 2. The Morgan fingerprint density at radius 2 is 1.87 bits per heavy atom. The summed E-state index contributed by atoms with van der Waals surface area (Å²) >= 11 is 6.01. The van der Waals surface area contributed by atoms with Gasteiger partial charge in [0, 0.05) is 31.9 Å². The van der Waals surface area contributed by atoms with E-state index in [2.05, 4.69) is 24.5 Å². The van der Waals surface area contributed by atoms with Crippen molar-refractivity contribution in [1.29, 1.82) is 0 Å². The minimum Gasteiger partial charge on any atom is -0.381 e. The summed E-state index contributed by atoms with van der Waals surface area (Å²) in [6.07, 6.45) is 0.672. The van der Waals surface area contributed by atoms with Crippen LogP contribution >= 0.6 is 11.6 Å². The van der Waals surface area contributed by atoms with E-state index in [1.807, 2.05) is 0 Å². The molecule has 9 heteroatoms. The van der Waals surface area contributed by atoms with Gasteiger partial charge in [0.2, 0.25) is 0 Å². The Labute approximate surface area is 179 Å². The average molecular weight is 434 g/mol. The number of amides is 2. The number of nitro groups is 1. The molecule has 160 valence electrons. The van der Waals surface area contributed by atoms with Crippen LogP contribution in [0, 0.1) is 16.0 Å². The Kier molecular flexibility index (Phi) is 8.76. The van der Waals surface area contributed by atoms with Crippen LogP contribution in [0.5, 0.6) is 0 Å². The summed E-state index contributed by atoms with van der Waals surface area (Å²) < 4.78 is 5.48. The molecule has 0 aliphatic rings. The number of ether oxygens (including phenoxy) is 1. The molecule has 0 aromatic heterocycles. The minimum atomic E-state index is -0.596. The van der Waals surface area contributed by atoms with Crippen molar-refractivity contribution in [3.63, 3.8) is 0 Å². The smallest absolute Gasteiger partial charge is 0.270 e. The van der Waals surface area contributed by atoms with Crippen LogP contribution in [-0.4, -0.2) is 36.5 Å². The van der Waals surface area contributed by atoms with Gasteiger partial charge in [0.25, 0.3) is 17.5 Å². The number of rotatable bonds is 10. The molecular formula is C21H24ClN3O5. The first-order valence-electron chi connectivity index (χ1n) is 9.50. The van der Waals surface area contributed by atoms with Crippen molar-refractivity contribution < 1.29 is 19.2 Å². The average Bonchev–Trinajstić information content (AvgIpc) is 2.70. The van der Waals surface area contributed by atoms with Crippen LogP contribution in [0.2, 0.25) is 5.02 Å². The lowest BCUT2D eigenvalue weighted by atomic mass is 10.1. The fraction of sp³-hybridized carbons (Fsp3) is 0.333. The van der Waals surface area contributed by atoms with Crippen molar-refractivity contribution >= 4 is 34.8 Å². The number of para-hydroxylation sites is 1. The van der Waals surface area contributed by atoms with Gasteiger partial charge in [-0.15, -0.1) is 0 Å². The van der Waals surface area contributed by atoms with E-state index in [1.165, 1.54) is 12.1 Å². The van der Waals surface area contributed by atoms with E-state index in [9.17, 15) is 19.7 Å². The number of halogens is 1. The molecule has 2 aromatic carbocycles.